The van der Waals surface area contributed by atoms with Gasteiger partial charge < -0.3 is 9.88 Å². The molecule has 2 bridgehead atoms. The van der Waals surface area contributed by atoms with Gasteiger partial charge in [0.25, 0.3) is 0 Å². The molecule has 1 amide bonds. The summed E-state index contributed by atoms with van der Waals surface area (Å²) in [4.78, 5) is 18.8. The molecule has 5 rings (SSSR count). The highest BCUT2D eigenvalue weighted by Crippen LogP contribution is 2.40. The van der Waals surface area contributed by atoms with Crippen molar-refractivity contribution in [3.8, 4) is 0 Å². The molecule has 0 spiro atoms. The second-order valence-electron chi connectivity index (χ2n) is 8.17. The van der Waals surface area contributed by atoms with Gasteiger partial charge in [-0.3, -0.25) is 4.79 Å². The van der Waals surface area contributed by atoms with Crippen molar-refractivity contribution >= 4 is 26.6 Å². The van der Waals surface area contributed by atoms with E-state index in [1.807, 2.05) is 41.4 Å². The van der Waals surface area contributed by atoms with E-state index in [1.165, 1.54) is 0 Å². The van der Waals surface area contributed by atoms with Crippen LogP contribution in [0.4, 0.5) is 0 Å². The van der Waals surface area contributed by atoms with E-state index in [0.717, 1.165) is 29.3 Å². The van der Waals surface area contributed by atoms with Crippen molar-refractivity contribution in [2.75, 3.05) is 0 Å². The zero-order valence-corrected chi connectivity index (χ0v) is 16.9. The molecule has 1 N–H and O–H groups in total. The molecule has 0 aliphatic carbocycles. The highest BCUT2D eigenvalue weighted by Gasteiger charge is 2.47. The normalized spacial score (nSPS) is 24.1. The van der Waals surface area contributed by atoms with Crippen LogP contribution in [-0.2, 0) is 21.1 Å². The zero-order chi connectivity index (χ0) is 20.0. The fourth-order valence-corrected chi connectivity index (χ4v) is 6.99. The van der Waals surface area contributed by atoms with Crippen molar-refractivity contribution in [2.24, 2.45) is 0 Å². The lowest BCUT2D eigenvalue weighted by atomic mass is 10.0. The van der Waals surface area contributed by atoms with Gasteiger partial charge in [0.05, 0.1) is 16.6 Å². The molecular weight excluding hydrogens is 384 g/mol. The van der Waals surface area contributed by atoms with Crippen LogP contribution in [0.2, 0.25) is 0 Å². The number of nitrogens with zero attached hydrogens (tertiary/aromatic N) is 1. The number of H-pyrrole nitrogens is 1. The van der Waals surface area contributed by atoms with Crippen LogP contribution in [0.25, 0.3) is 10.9 Å². The summed E-state index contributed by atoms with van der Waals surface area (Å²) in [5.41, 5.74) is 2.04. The maximum atomic E-state index is 13.2. The number of fused-ring (bicyclic) bond motifs is 3. The van der Waals surface area contributed by atoms with E-state index in [4.69, 9.17) is 0 Å². The van der Waals surface area contributed by atoms with Gasteiger partial charge in [-0.25, -0.2) is 8.42 Å². The first-order valence-corrected chi connectivity index (χ1v) is 11.7. The van der Waals surface area contributed by atoms with Crippen LogP contribution in [0.3, 0.4) is 0 Å². The zero-order valence-electron chi connectivity index (χ0n) is 16.1. The van der Waals surface area contributed by atoms with Gasteiger partial charge in [-0.15, -0.1) is 0 Å². The van der Waals surface area contributed by atoms with Crippen molar-refractivity contribution in [1.29, 1.82) is 0 Å². The van der Waals surface area contributed by atoms with E-state index in [-0.39, 0.29) is 18.0 Å². The van der Waals surface area contributed by atoms with E-state index < -0.39 is 15.1 Å². The van der Waals surface area contributed by atoms with Gasteiger partial charge in [-0.2, -0.15) is 0 Å². The Morgan fingerprint density at radius 1 is 0.966 bits per heavy atom. The standard InChI is InChI=1S/C23H24N2O3S/c26-23(12-16-15-24-22-9-5-4-8-21(16)22)25-17-10-11-18(25)14-20(13-17)29(27,28)19-6-2-1-3-7-19/h1-9,15,17-18,20,24H,10-14H2/t17-,18+,20?. The SMILES string of the molecule is O=C(Cc1c[nH]c2ccccc12)N1[C@@H]2CC[C@H]1CC(S(=O)(=O)c1ccccc1)C2. The Kier molecular flexibility index (Phi) is 4.46. The Morgan fingerprint density at radius 3 is 2.34 bits per heavy atom. The Bertz CT molecular complexity index is 1140. The minimum atomic E-state index is -3.36. The van der Waals surface area contributed by atoms with Crippen LogP contribution in [-0.4, -0.2) is 41.5 Å². The Balaban J connectivity index is 1.35. The fourth-order valence-electron chi connectivity index (χ4n) is 5.12. The number of hydrogen-bond acceptors (Lipinski definition) is 3. The Hall–Kier alpha value is -2.60. The Labute approximate surface area is 170 Å². The smallest absolute Gasteiger partial charge is 0.227 e. The van der Waals surface area contributed by atoms with Gasteiger partial charge in [0.2, 0.25) is 5.91 Å². The summed E-state index contributed by atoms with van der Waals surface area (Å²) < 4.78 is 26.2. The number of nitrogens with one attached hydrogen (secondary N) is 1. The van der Waals surface area contributed by atoms with Gasteiger partial charge in [-0.05, 0) is 49.4 Å². The number of aromatic amines is 1. The van der Waals surface area contributed by atoms with Crippen LogP contribution in [0, 0.1) is 0 Å². The molecule has 2 fully saturated rings. The van der Waals surface area contributed by atoms with E-state index in [0.29, 0.717) is 24.2 Å². The van der Waals surface area contributed by atoms with Crippen molar-refractivity contribution < 1.29 is 13.2 Å². The molecule has 3 atom stereocenters. The van der Waals surface area contributed by atoms with Gasteiger partial charge in [0.15, 0.2) is 9.84 Å². The van der Waals surface area contributed by atoms with E-state index in [9.17, 15) is 13.2 Å². The van der Waals surface area contributed by atoms with Gasteiger partial charge >= 0.3 is 0 Å². The summed E-state index contributed by atoms with van der Waals surface area (Å²) in [7, 11) is -3.36. The molecule has 1 unspecified atom stereocenters. The molecule has 2 aromatic carbocycles. The van der Waals surface area contributed by atoms with Gasteiger partial charge in [0, 0.05) is 29.2 Å². The fraction of sp³-hybridized carbons (Fsp3) is 0.348. The summed E-state index contributed by atoms with van der Waals surface area (Å²) in [5, 5.41) is 0.675. The topological polar surface area (TPSA) is 70.2 Å². The predicted octanol–water partition coefficient (Wildman–Crippen LogP) is 3.71. The second-order valence-corrected chi connectivity index (χ2v) is 10.4. The van der Waals surface area contributed by atoms with Crippen LogP contribution >= 0.6 is 0 Å². The van der Waals surface area contributed by atoms with Crippen LogP contribution in [0.1, 0.15) is 31.2 Å². The first kappa shape index (κ1) is 18.4. The summed E-state index contributed by atoms with van der Waals surface area (Å²) in [6.07, 6.45) is 5.13. The number of sulfone groups is 1. The number of para-hydroxylation sites is 1. The number of carbonyl (C=O) groups is 1. The molecule has 2 aliphatic heterocycles. The summed E-state index contributed by atoms with van der Waals surface area (Å²) in [6, 6.07) is 16.7. The maximum absolute atomic E-state index is 13.2. The monoisotopic (exact) mass is 408 g/mol. The van der Waals surface area contributed by atoms with Crippen molar-refractivity contribution in [3.63, 3.8) is 0 Å². The average molecular weight is 409 g/mol. The van der Waals surface area contributed by atoms with Crippen molar-refractivity contribution in [3.05, 3.63) is 66.4 Å². The molecule has 150 valence electrons. The lowest BCUT2D eigenvalue weighted by Crippen LogP contribution is -2.50. The largest absolute Gasteiger partial charge is 0.361 e. The lowest BCUT2D eigenvalue weighted by molar-refractivity contribution is -0.134. The molecule has 1 aromatic heterocycles. The molecule has 29 heavy (non-hydrogen) atoms. The van der Waals surface area contributed by atoms with Gasteiger partial charge in [-0.1, -0.05) is 36.4 Å². The highest BCUT2D eigenvalue weighted by atomic mass is 32.2. The third-order valence-electron chi connectivity index (χ3n) is 6.50. The summed E-state index contributed by atoms with van der Waals surface area (Å²) in [5.74, 6) is 0.109. The van der Waals surface area contributed by atoms with Crippen LogP contribution in [0.5, 0.6) is 0 Å². The number of amides is 1. The van der Waals surface area contributed by atoms with E-state index in [2.05, 4.69) is 4.98 Å². The minimum absolute atomic E-state index is 0.0231. The third kappa shape index (κ3) is 3.15. The molecule has 2 aliphatic rings. The third-order valence-corrected chi connectivity index (χ3v) is 8.70. The average Bonchev–Trinajstić information content (AvgIpc) is 3.26. The summed E-state index contributed by atoms with van der Waals surface area (Å²) in [6.45, 7) is 0. The first-order valence-electron chi connectivity index (χ1n) is 10.2. The van der Waals surface area contributed by atoms with Gasteiger partial charge in [0.1, 0.15) is 0 Å². The number of hydrogen-bond donors (Lipinski definition) is 1. The first-order chi connectivity index (χ1) is 14.0. The molecule has 0 radical (unpaired) electrons. The van der Waals surface area contributed by atoms with Crippen LogP contribution in [0.15, 0.2) is 65.7 Å². The van der Waals surface area contributed by atoms with Crippen molar-refractivity contribution in [1.82, 2.24) is 9.88 Å². The molecule has 3 aromatic rings. The van der Waals surface area contributed by atoms with Crippen molar-refractivity contribution in [2.45, 2.75) is 54.3 Å². The molecular formula is C23H24N2O3S. The molecule has 6 heteroatoms. The van der Waals surface area contributed by atoms with E-state index >= 15 is 0 Å². The maximum Gasteiger partial charge on any atom is 0.227 e. The number of rotatable bonds is 4. The molecule has 3 heterocycles. The second kappa shape index (κ2) is 7.02. The summed E-state index contributed by atoms with van der Waals surface area (Å²) >= 11 is 0. The molecule has 2 saturated heterocycles. The highest BCUT2D eigenvalue weighted by molar-refractivity contribution is 7.92. The predicted molar refractivity (Wildman–Crippen MR) is 112 cm³/mol. The number of benzene rings is 2. The number of aromatic nitrogens is 1. The molecule has 5 nitrogen and oxygen atoms in total. The van der Waals surface area contributed by atoms with Crippen LogP contribution < -0.4 is 0 Å². The van der Waals surface area contributed by atoms with E-state index in [1.54, 1.807) is 24.3 Å². The quantitative estimate of drug-likeness (QED) is 0.715. The minimum Gasteiger partial charge on any atom is -0.361 e. The number of carbonyl (C=O) groups excluding carboxylic acids is 1. The Morgan fingerprint density at radius 2 is 1.62 bits per heavy atom. The number of piperidine rings is 1. The molecule has 0 saturated carbocycles. The lowest BCUT2D eigenvalue weighted by Gasteiger charge is -2.38.